The maximum Gasteiger partial charge on any atom is 0.253 e. The lowest BCUT2D eigenvalue weighted by molar-refractivity contribution is 0.0951. The zero-order valence-corrected chi connectivity index (χ0v) is 11.4. The summed E-state index contributed by atoms with van der Waals surface area (Å²) in [4.78, 5) is 12.1. The third-order valence-electron chi connectivity index (χ3n) is 2.90. The molecule has 0 saturated heterocycles. The van der Waals surface area contributed by atoms with Gasteiger partial charge in [-0.3, -0.25) is 4.79 Å². The first kappa shape index (κ1) is 13.4. The molecule has 0 fully saturated rings. The first-order valence-electron chi connectivity index (χ1n) is 5.95. The van der Waals surface area contributed by atoms with Gasteiger partial charge in [0.15, 0.2) is 0 Å². The second kappa shape index (κ2) is 5.76. The molecule has 3 N–H and O–H groups in total. The monoisotopic (exact) mass is 274 g/mol. The molecule has 0 aliphatic carbocycles. The molecule has 2 aromatic rings. The van der Waals surface area contributed by atoms with Gasteiger partial charge in [-0.15, -0.1) is 0 Å². The van der Waals surface area contributed by atoms with Crippen LogP contribution in [0.25, 0.3) is 0 Å². The summed E-state index contributed by atoms with van der Waals surface area (Å²) in [7, 11) is 0. The number of amides is 1. The molecule has 0 aromatic heterocycles. The molecule has 2 aromatic carbocycles. The molecule has 98 valence electrons. The van der Waals surface area contributed by atoms with Crippen molar-refractivity contribution in [1.82, 2.24) is 5.32 Å². The van der Waals surface area contributed by atoms with Crippen LogP contribution < -0.4 is 11.1 Å². The lowest BCUT2D eigenvalue weighted by Gasteiger charge is -2.10. The van der Waals surface area contributed by atoms with Gasteiger partial charge in [0.05, 0.1) is 5.56 Å². The number of carbonyl (C=O) groups is 1. The lowest BCUT2D eigenvalue weighted by atomic mass is 10.1. The Morgan fingerprint density at radius 1 is 1.21 bits per heavy atom. The molecule has 0 atom stereocenters. The molecular formula is C15H15ClN2O. The Morgan fingerprint density at radius 3 is 2.53 bits per heavy atom. The van der Waals surface area contributed by atoms with Gasteiger partial charge >= 0.3 is 0 Å². The maximum atomic E-state index is 12.1. The van der Waals surface area contributed by atoms with Crippen molar-refractivity contribution in [3.63, 3.8) is 0 Å². The first-order valence-corrected chi connectivity index (χ1v) is 6.33. The summed E-state index contributed by atoms with van der Waals surface area (Å²) < 4.78 is 0. The van der Waals surface area contributed by atoms with Crippen LogP contribution in [0.2, 0.25) is 5.02 Å². The van der Waals surface area contributed by atoms with E-state index in [4.69, 9.17) is 17.3 Å². The van der Waals surface area contributed by atoms with E-state index < -0.39 is 0 Å². The molecule has 0 radical (unpaired) electrons. The number of nitrogen functional groups attached to an aromatic ring is 1. The third-order valence-corrected chi connectivity index (χ3v) is 3.15. The number of anilines is 1. The van der Waals surface area contributed by atoms with E-state index in [9.17, 15) is 4.79 Å². The quantitative estimate of drug-likeness (QED) is 0.845. The fraction of sp³-hybridized carbons (Fsp3) is 0.133. The second-order valence-electron chi connectivity index (χ2n) is 4.35. The normalized spacial score (nSPS) is 10.2. The highest BCUT2D eigenvalue weighted by Gasteiger charge is 2.11. The number of hydrogen-bond acceptors (Lipinski definition) is 2. The molecule has 0 bridgehead atoms. The predicted octanol–water partition coefficient (Wildman–Crippen LogP) is 3.16. The van der Waals surface area contributed by atoms with E-state index >= 15 is 0 Å². The van der Waals surface area contributed by atoms with Crippen LogP contribution in [-0.2, 0) is 6.54 Å². The van der Waals surface area contributed by atoms with Gasteiger partial charge in [0.1, 0.15) is 0 Å². The van der Waals surface area contributed by atoms with Crippen LogP contribution in [0, 0.1) is 6.92 Å². The first-order chi connectivity index (χ1) is 9.08. The summed E-state index contributed by atoms with van der Waals surface area (Å²) >= 11 is 5.81. The molecule has 1 amide bonds. The summed E-state index contributed by atoms with van der Waals surface area (Å²) in [5.41, 5.74) is 8.73. The number of halogens is 1. The van der Waals surface area contributed by atoms with Gasteiger partial charge < -0.3 is 11.1 Å². The standard InChI is InChI=1S/C15H15ClN2O/c1-10-3-2-4-13(17)14(10)15(19)18-9-11-5-7-12(16)8-6-11/h2-8H,9,17H2,1H3,(H,18,19). The number of benzene rings is 2. The minimum absolute atomic E-state index is 0.162. The van der Waals surface area contributed by atoms with E-state index in [-0.39, 0.29) is 5.91 Å². The second-order valence-corrected chi connectivity index (χ2v) is 4.78. The molecule has 2 rings (SSSR count). The molecule has 0 spiro atoms. The average Bonchev–Trinajstić information content (AvgIpc) is 2.38. The van der Waals surface area contributed by atoms with Crippen molar-refractivity contribution in [3.05, 3.63) is 64.2 Å². The SMILES string of the molecule is Cc1cccc(N)c1C(=O)NCc1ccc(Cl)cc1. The van der Waals surface area contributed by atoms with Crippen molar-refractivity contribution in [1.29, 1.82) is 0 Å². The van der Waals surface area contributed by atoms with Crippen LogP contribution >= 0.6 is 11.6 Å². The number of carbonyl (C=O) groups excluding carboxylic acids is 1. The highest BCUT2D eigenvalue weighted by atomic mass is 35.5. The Balaban J connectivity index is 2.07. The minimum Gasteiger partial charge on any atom is -0.398 e. The van der Waals surface area contributed by atoms with E-state index in [2.05, 4.69) is 5.32 Å². The van der Waals surface area contributed by atoms with Crippen molar-refractivity contribution in [2.45, 2.75) is 13.5 Å². The fourth-order valence-corrected chi connectivity index (χ4v) is 2.00. The topological polar surface area (TPSA) is 55.1 Å². The summed E-state index contributed by atoms with van der Waals surface area (Å²) in [5.74, 6) is -0.162. The average molecular weight is 275 g/mol. The van der Waals surface area contributed by atoms with E-state index in [1.165, 1.54) is 0 Å². The molecule has 0 saturated carbocycles. The van der Waals surface area contributed by atoms with Crippen molar-refractivity contribution in [2.24, 2.45) is 0 Å². The Kier molecular flexibility index (Phi) is 4.07. The number of hydrogen-bond donors (Lipinski definition) is 2. The maximum absolute atomic E-state index is 12.1. The van der Waals surface area contributed by atoms with Crippen molar-refractivity contribution in [2.75, 3.05) is 5.73 Å². The van der Waals surface area contributed by atoms with E-state index in [1.54, 1.807) is 18.2 Å². The Morgan fingerprint density at radius 2 is 1.89 bits per heavy atom. The van der Waals surface area contributed by atoms with Crippen LogP contribution in [0.1, 0.15) is 21.5 Å². The van der Waals surface area contributed by atoms with Gasteiger partial charge in [-0.05, 0) is 36.2 Å². The third kappa shape index (κ3) is 3.26. The van der Waals surface area contributed by atoms with Gasteiger partial charge in [-0.25, -0.2) is 0 Å². The summed E-state index contributed by atoms with van der Waals surface area (Å²) in [6, 6.07) is 12.8. The van der Waals surface area contributed by atoms with Gasteiger partial charge in [0.25, 0.3) is 5.91 Å². The molecule has 3 nitrogen and oxygen atoms in total. The smallest absolute Gasteiger partial charge is 0.253 e. The number of nitrogens with two attached hydrogens (primary N) is 1. The Hall–Kier alpha value is -2.00. The van der Waals surface area contributed by atoms with E-state index in [0.29, 0.717) is 22.8 Å². The lowest BCUT2D eigenvalue weighted by Crippen LogP contribution is -2.24. The molecule has 4 heteroatoms. The number of rotatable bonds is 3. The zero-order valence-electron chi connectivity index (χ0n) is 10.6. The molecule has 0 aliphatic rings. The number of nitrogens with one attached hydrogen (secondary N) is 1. The molecular weight excluding hydrogens is 260 g/mol. The van der Waals surface area contributed by atoms with Gasteiger partial charge in [-0.2, -0.15) is 0 Å². The molecule has 0 heterocycles. The zero-order chi connectivity index (χ0) is 13.8. The van der Waals surface area contributed by atoms with Crippen LogP contribution in [0.15, 0.2) is 42.5 Å². The van der Waals surface area contributed by atoms with E-state index in [0.717, 1.165) is 11.1 Å². The van der Waals surface area contributed by atoms with Crippen LogP contribution in [0.4, 0.5) is 5.69 Å². The largest absolute Gasteiger partial charge is 0.398 e. The van der Waals surface area contributed by atoms with Crippen molar-refractivity contribution < 1.29 is 4.79 Å². The predicted molar refractivity (Wildman–Crippen MR) is 78.2 cm³/mol. The summed E-state index contributed by atoms with van der Waals surface area (Å²) in [6.07, 6.45) is 0. The molecule has 0 unspecified atom stereocenters. The van der Waals surface area contributed by atoms with Crippen LogP contribution in [0.3, 0.4) is 0 Å². The van der Waals surface area contributed by atoms with Crippen molar-refractivity contribution >= 4 is 23.2 Å². The van der Waals surface area contributed by atoms with Crippen molar-refractivity contribution in [3.8, 4) is 0 Å². The molecule has 19 heavy (non-hydrogen) atoms. The minimum atomic E-state index is -0.162. The Bertz CT molecular complexity index is 573. The van der Waals surface area contributed by atoms with Gasteiger partial charge in [0, 0.05) is 17.3 Å². The summed E-state index contributed by atoms with van der Waals surface area (Å²) in [6.45, 7) is 2.32. The van der Waals surface area contributed by atoms with Gasteiger partial charge in [0.2, 0.25) is 0 Å². The fourth-order valence-electron chi connectivity index (χ4n) is 1.87. The highest BCUT2D eigenvalue weighted by Crippen LogP contribution is 2.16. The Labute approximate surface area is 117 Å². The summed E-state index contributed by atoms with van der Waals surface area (Å²) in [5, 5.41) is 3.53. The van der Waals surface area contributed by atoms with Gasteiger partial charge in [-0.1, -0.05) is 35.9 Å². The van der Waals surface area contributed by atoms with E-state index in [1.807, 2.05) is 31.2 Å². The van der Waals surface area contributed by atoms with Crippen LogP contribution in [-0.4, -0.2) is 5.91 Å². The molecule has 0 aliphatic heterocycles. The highest BCUT2D eigenvalue weighted by molar-refractivity contribution is 6.30. The number of aryl methyl sites for hydroxylation is 1. The van der Waals surface area contributed by atoms with Crippen LogP contribution in [0.5, 0.6) is 0 Å².